The number of carbonyl (C=O) groups excluding carboxylic acids is 6. The van der Waals surface area contributed by atoms with E-state index in [2.05, 4.69) is 31.9 Å². The largest absolute Gasteiger partial charge is 0.481 e. The van der Waals surface area contributed by atoms with E-state index >= 15 is 0 Å². The van der Waals surface area contributed by atoms with Crippen LogP contribution in [0.5, 0.6) is 0 Å². The standard InChI is InChI=1S/C26H47N7O8.2C2H6/c1-7-18(28-6)25(40)33-20(10-8-9-13-27)26(41)31-15(3)23(38)29-14(2)22(37)30-16(4)24(39)32-19(17(5)34)11-12-21(35)36;2*1-2/h14-16,18-20,28H,7-13,27H2,1-6H3,(H,29,38)(H,30,37)(H,31,41)(H,32,39)(H,33,40)(H,35,36);2*1-2H3. The molecule has 0 aromatic heterocycles. The third-order valence-corrected chi connectivity index (χ3v) is 6.36. The summed E-state index contributed by atoms with van der Waals surface area (Å²) in [5, 5.41) is 24.2. The van der Waals surface area contributed by atoms with Crippen LogP contribution in [0.1, 0.15) is 101 Å². The molecule has 0 saturated heterocycles. The van der Waals surface area contributed by atoms with Crippen molar-refractivity contribution in [3.05, 3.63) is 0 Å². The van der Waals surface area contributed by atoms with Crippen LogP contribution in [0.25, 0.3) is 0 Å². The summed E-state index contributed by atoms with van der Waals surface area (Å²) in [4.78, 5) is 85.6. The van der Waals surface area contributed by atoms with E-state index in [1.54, 1.807) is 7.05 Å². The number of Topliss-reactive ketones (excluding diaryl/α,β-unsaturated/α-hetero) is 1. The lowest BCUT2D eigenvalue weighted by atomic mass is 10.1. The molecule has 9 N–H and O–H groups in total. The Morgan fingerprint density at radius 3 is 1.40 bits per heavy atom. The van der Waals surface area contributed by atoms with Gasteiger partial charge in [-0.3, -0.25) is 33.6 Å². The van der Waals surface area contributed by atoms with Gasteiger partial charge in [0.2, 0.25) is 29.5 Å². The minimum atomic E-state index is -1.12. The van der Waals surface area contributed by atoms with E-state index in [1.165, 1.54) is 27.7 Å². The number of carboxylic acid groups (broad SMARTS) is 1. The first-order chi connectivity index (χ1) is 21.2. The number of likely N-dealkylation sites (N-methyl/N-ethyl adjacent to an activating group) is 1. The molecule has 0 aliphatic rings. The van der Waals surface area contributed by atoms with Gasteiger partial charge in [0.1, 0.15) is 24.2 Å². The third-order valence-electron chi connectivity index (χ3n) is 6.36. The Kier molecular flexibility index (Phi) is 27.3. The minimum absolute atomic E-state index is 0.0978. The summed E-state index contributed by atoms with van der Waals surface area (Å²) in [6, 6.07) is -5.62. The molecule has 0 bridgehead atoms. The quantitative estimate of drug-likeness (QED) is 0.0831. The average Bonchev–Trinajstić information content (AvgIpc) is 3.00. The van der Waals surface area contributed by atoms with Crippen molar-refractivity contribution in [3.63, 3.8) is 0 Å². The zero-order valence-electron chi connectivity index (χ0n) is 28.8. The molecule has 5 amide bonds. The van der Waals surface area contributed by atoms with Crippen LogP contribution in [0.3, 0.4) is 0 Å². The monoisotopic (exact) mass is 645 g/mol. The second kappa shape index (κ2) is 26.8. The van der Waals surface area contributed by atoms with Crippen molar-refractivity contribution in [1.82, 2.24) is 31.9 Å². The molecule has 0 saturated carbocycles. The summed E-state index contributed by atoms with van der Waals surface area (Å²) < 4.78 is 0. The molecule has 0 heterocycles. The van der Waals surface area contributed by atoms with Crippen LogP contribution in [0.15, 0.2) is 0 Å². The zero-order valence-corrected chi connectivity index (χ0v) is 28.8. The van der Waals surface area contributed by atoms with Crippen LogP contribution >= 0.6 is 0 Å². The molecule has 45 heavy (non-hydrogen) atoms. The maximum atomic E-state index is 12.9. The van der Waals surface area contributed by atoms with Crippen LogP contribution in [0.2, 0.25) is 0 Å². The molecule has 15 nitrogen and oxygen atoms in total. The number of carbonyl (C=O) groups is 7. The Balaban J connectivity index is -0.00000422. The molecular weight excluding hydrogens is 586 g/mol. The van der Waals surface area contributed by atoms with E-state index in [1.807, 2.05) is 34.6 Å². The van der Waals surface area contributed by atoms with Crippen molar-refractivity contribution in [3.8, 4) is 0 Å². The Labute approximate surface area is 268 Å². The van der Waals surface area contributed by atoms with E-state index in [-0.39, 0.29) is 18.7 Å². The second-order valence-electron chi connectivity index (χ2n) is 9.89. The first kappa shape index (κ1) is 45.8. The van der Waals surface area contributed by atoms with Gasteiger partial charge in [0.05, 0.1) is 12.1 Å². The molecule has 0 aromatic rings. The fraction of sp³-hybridized carbons (Fsp3) is 0.767. The topological polar surface area (TPSA) is 238 Å². The molecule has 0 aliphatic carbocycles. The van der Waals surface area contributed by atoms with Crippen LogP contribution in [-0.2, 0) is 33.6 Å². The number of hydrogen-bond acceptors (Lipinski definition) is 9. The van der Waals surface area contributed by atoms with Gasteiger partial charge in [0, 0.05) is 6.42 Å². The maximum Gasteiger partial charge on any atom is 0.303 e. The summed E-state index contributed by atoms with van der Waals surface area (Å²) in [6.07, 6.45) is 1.66. The van der Waals surface area contributed by atoms with Crippen molar-refractivity contribution in [2.24, 2.45) is 5.73 Å². The van der Waals surface area contributed by atoms with Gasteiger partial charge in [-0.25, -0.2) is 0 Å². The molecular formula is C30H59N7O8. The van der Waals surface area contributed by atoms with E-state index in [9.17, 15) is 33.6 Å². The van der Waals surface area contributed by atoms with Gasteiger partial charge in [-0.2, -0.15) is 0 Å². The van der Waals surface area contributed by atoms with E-state index in [0.29, 0.717) is 32.2 Å². The number of carboxylic acids is 1. The SMILES string of the molecule is CC.CC.CCC(NC)C(=O)NC(CCCCN)C(=O)NC(C)C(=O)NC(C)C(=O)NC(C)C(=O)NC(CCC(=O)O)C(C)=O. The van der Waals surface area contributed by atoms with Crippen molar-refractivity contribution in [2.75, 3.05) is 13.6 Å². The van der Waals surface area contributed by atoms with E-state index < -0.39 is 71.6 Å². The zero-order chi connectivity index (χ0) is 35.7. The summed E-state index contributed by atoms with van der Waals surface area (Å²) in [5.74, 6) is -4.52. The molecule has 6 atom stereocenters. The predicted molar refractivity (Wildman–Crippen MR) is 173 cm³/mol. The van der Waals surface area contributed by atoms with Gasteiger partial charge in [-0.05, 0) is 73.4 Å². The lowest BCUT2D eigenvalue weighted by Gasteiger charge is -2.24. The number of hydrogen-bond donors (Lipinski definition) is 8. The number of unbranched alkanes of at least 4 members (excludes halogenated alkanes) is 1. The number of amides is 5. The van der Waals surface area contributed by atoms with Crippen molar-refractivity contribution in [2.45, 2.75) is 137 Å². The second-order valence-corrected chi connectivity index (χ2v) is 9.89. The fourth-order valence-corrected chi connectivity index (χ4v) is 3.68. The summed E-state index contributed by atoms with van der Waals surface area (Å²) in [5.41, 5.74) is 5.54. The highest BCUT2D eigenvalue weighted by Gasteiger charge is 2.28. The van der Waals surface area contributed by atoms with E-state index in [4.69, 9.17) is 10.8 Å². The first-order valence-corrected chi connectivity index (χ1v) is 15.8. The highest BCUT2D eigenvalue weighted by molar-refractivity contribution is 5.96. The lowest BCUT2D eigenvalue weighted by Crippen LogP contribution is -2.57. The van der Waals surface area contributed by atoms with Gasteiger partial charge in [-0.15, -0.1) is 0 Å². The Bertz CT molecular complexity index is 928. The predicted octanol–water partition coefficient (Wildman–Crippen LogP) is 0.103. The highest BCUT2D eigenvalue weighted by Crippen LogP contribution is 2.04. The van der Waals surface area contributed by atoms with Gasteiger partial charge in [-0.1, -0.05) is 34.6 Å². The first-order valence-electron chi connectivity index (χ1n) is 15.8. The molecule has 0 spiro atoms. The molecule has 0 aliphatic heterocycles. The molecule has 0 aromatic carbocycles. The van der Waals surface area contributed by atoms with Gasteiger partial charge in [0.15, 0.2) is 5.78 Å². The normalized spacial score (nSPS) is 14.1. The summed E-state index contributed by atoms with van der Waals surface area (Å²) in [6.45, 7) is 15.7. The number of aliphatic carboxylic acids is 1. The lowest BCUT2D eigenvalue weighted by molar-refractivity contribution is -0.138. The van der Waals surface area contributed by atoms with E-state index in [0.717, 1.165) is 0 Å². The molecule has 6 unspecified atom stereocenters. The van der Waals surface area contributed by atoms with Crippen molar-refractivity contribution >= 4 is 41.3 Å². The summed E-state index contributed by atoms with van der Waals surface area (Å²) in [7, 11) is 1.64. The van der Waals surface area contributed by atoms with Gasteiger partial charge < -0.3 is 42.7 Å². The number of nitrogens with one attached hydrogen (secondary N) is 6. The average molecular weight is 646 g/mol. The molecule has 0 rings (SSSR count). The number of nitrogens with two attached hydrogens (primary N) is 1. The van der Waals surface area contributed by atoms with Gasteiger partial charge >= 0.3 is 5.97 Å². The fourth-order valence-electron chi connectivity index (χ4n) is 3.68. The van der Waals surface area contributed by atoms with Crippen LogP contribution < -0.4 is 37.6 Å². The van der Waals surface area contributed by atoms with Crippen molar-refractivity contribution < 1.29 is 38.7 Å². The number of ketones is 1. The molecule has 262 valence electrons. The van der Waals surface area contributed by atoms with Gasteiger partial charge in [0.25, 0.3) is 0 Å². The Hall–Kier alpha value is -3.59. The summed E-state index contributed by atoms with van der Waals surface area (Å²) >= 11 is 0. The Morgan fingerprint density at radius 2 is 1.02 bits per heavy atom. The van der Waals surface area contributed by atoms with Crippen LogP contribution in [-0.4, -0.2) is 96.2 Å². The minimum Gasteiger partial charge on any atom is -0.481 e. The molecule has 0 radical (unpaired) electrons. The Morgan fingerprint density at radius 1 is 0.622 bits per heavy atom. The number of rotatable bonds is 20. The third kappa shape index (κ3) is 20.1. The maximum absolute atomic E-state index is 12.9. The smallest absolute Gasteiger partial charge is 0.303 e. The van der Waals surface area contributed by atoms with Crippen LogP contribution in [0, 0.1) is 0 Å². The molecule has 15 heteroatoms. The highest BCUT2D eigenvalue weighted by atomic mass is 16.4. The molecule has 0 fully saturated rings. The van der Waals surface area contributed by atoms with Crippen molar-refractivity contribution in [1.29, 1.82) is 0 Å². The van der Waals surface area contributed by atoms with Crippen LogP contribution in [0.4, 0.5) is 0 Å².